The van der Waals surface area contributed by atoms with Crippen molar-refractivity contribution < 1.29 is 19.1 Å². The maximum absolute atomic E-state index is 13.4. The summed E-state index contributed by atoms with van der Waals surface area (Å²) in [4.78, 5) is 29.3. The Morgan fingerprint density at radius 1 is 1.14 bits per heavy atom. The van der Waals surface area contributed by atoms with E-state index in [0.29, 0.717) is 13.1 Å². The fourth-order valence-corrected chi connectivity index (χ4v) is 4.83. The summed E-state index contributed by atoms with van der Waals surface area (Å²) in [6.45, 7) is 4.18. The van der Waals surface area contributed by atoms with Crippen LogP contribution in [0.15, 0.2) is 24.3 Å². The van der Waals surface area contributed by atoms with E-state index in [0.717, 1.165) is 43.4 Å². The molecule has 0 unspecified atom stereocenters. The van der Waals surface area contributed by atoms with Gasteiger partial charge in [-0.3, -0.25) is 9.59 Å². The van der Waals surface area contributed by atoms with Gasteiger partial charge in [0.05, 0.1) is 11.6 Å². The predicted octanol–water partition coefficient (Wildman–Crippen LogP) is 2.46. The highest BCUT2D eigenvalue weighted by Crippen LogP contribution is 2.37. The number of likely N-dealkylation sites (N-methyl/N-ethyl adjacent to an activating group) is 1. The number of carbonyl (C=O) groups is 2. The van der Waals surface area contributed by atoms with Crippen molar-refractivity contribution in [1.82, 2.24) is 9.80 Å². The van der Waals surface area contributed by atoms with Crippen molar-refractivity contribution in [3.8, 4) is 0 Å². The molecule has 0 aliphatic carbocycles. The minimum Gasteiger partial charge on any atom is -0.375 e. The highest BCUT2D eigenvalue weighted by Gasteiger charge is 2.45. The molecule has 3 fully saturated rings. The van der Waals surface area contributed by atoms with Crippen LogP contribution in [0.5, 0.6) is 0 Å². The minimum atomic E-state index is -0.662. The molecule has 0 bridgehead atoms. The van der Waals surface area contributed by atoms with Crippen LogP contribution in [0.1, 0.15) is 49.3 Å². The first kappa shape index (κ1) is 19.4. The van der Waals surface area contributed by atoms with E-state index >= 15 is 0 Å². The Morgan fingerprint density at radius 3 is 2.57 bits per heavy atom. The van der Waals surface area contributed by atoms with E-state index in [1.165, 1.54) is 6.42 Å². The number of nitrogens with zero attached hydrogens (tertiary/aromatic N) is 2. The third kappa shape index (κ3) is 3.55. The van der Waals surface area contributed by atoms with Gasteiger partial charge in [0.1, 0.15) is 6.61 Å². The number of carbonyl (C=O) groups excluding carboxylic acids is 2. The van der Waals surface area contributed by atoms with Crippen LogP contribution in [0.3, 0.4) is 0 Å². The topological polar surface area (TPSA) is 59.1 Å². The van der Waals surface area contributed by atoms with Crippen molar-refractivity contribution >= 4 is 11.8 Å². The van der Waals surface area contributed by atoms with Crippen LogP contribution < -0.4 is 0 Å². The predicted molar refractivity (Wildman–Crippen MR) is 105 cm³/mol. The summed E-state index contributed by atoms with van der Waals surface area (Å²) in [5.74, 6) is -0.108. The summed E-state index contributed by atoms with van der Waals surface area (Å²) in [5, 5.41) is 0. The summed E-state index contributed by atoms with van der Waals surface area (Å²) < 4.78 is 11.9. The van der Waals surface area contributed by atoms with Crippen molar-refractivity contribution in [3.63, 3.8) is 0 Å². The molecule has 1 aromatic carbocycles. The lowest BCUT2D eigenvalue weighted by Gasteiger charge is -2.46. The number of likely N-dealkylation sites (tertiary alicyclic amines) is 1. The molecule has 152 valence electrons. The molecule has 3 aliphatic heterocycles. The zero-order valence-corrected chi connectivity index (χ0v) is 16.9. The monoisotopic (exact) mass is 386 g/mol. The molecule has 3 heterocycles. The number of benzene rings is 1. The van der Waals surface area contributed by atoms with Gasteiger partial charge in [0.2, 0.25) is 5.91 Å². The van der Waals surface area contributed by atoms with Crippen molar-refractivity contribution in [2.24, 2.45) is 0 Å². The molecule has 6 nitrogen and oxygen atoms in total. The molecule has 3 saturated heterocycles. The van der Waals surface area contributed by atoms with Crippen LogP contribution in [0.25, 0.3) is 0 Å². The van der Waals surface area contributed by atoms with Crippen LogP contribution in [-0.4, -0.2) is 66.7 Å². The van der Waals surface area contributed by atoms with E-state index in [-0.39, 0.29) is 24.0 Å². The van der Waals surface area contributed by atoms with Crippen LogP contribution >= 0.6 is 0 Å². The number of amides is 2. The normalized spacial score (nSPS) is 27.9. The smallest absolute Gasteiger partial charge is 0.254 e. The second-order valence-electron chi connectivity index (χ2n) is 8.35. The molecule has 28 heavy (non-hydrogen) atoms. The molecule has 6 heteroatoms. The molecule has 1 spiro atoms. The van der Waals surface area contributed by atoms with E-state index < -0.39 is 12.1 Å². The van der Waals surface area contributed by atoms with Crippen molar-refractivity contribution in [1.29, 1.82) is 0 Å². The van der Waals surface area contributed by atoms with Crippen molar-refractivity contribution in [2.75, 3.05) is 33.4 Å². The molecule has 0 saturated carbocycles. The molecular formula is C22H30N2O4. The van der Waals surface area contributed by atoms with Gasteiger partial charge in [-0.15, -0.1) is 0 Å². The maximum atomic E-state index is 13.4. The molecule has 4 rings (SSSR count). The van der Waals surface area contributed by atoms with Gasteiger partial charge in [-0.2, -0.15) is 0 Å². The largest absolute Gasteiger partial charge is 0.375 e. The highest BCUT2D eigenvalue weighted by molar-refractivity contribution is 5.86. The number of hydrogen-bond acceptors (Lipinski definition) is 4. The number of ether oxygens (including phenoxy) is 2. The summed E-state index contributed by atoms with van der Waals surface area (Å²) in [5.41, 5.74) is 1.99. The summed E-state index contributed by atoms with van der Waals surface area (Å²) in [6, 6.07) is 7.52. The Bertz CT molecular complexity index is 734. The lowest BCUT2D eigenvalue weighted by molar-refractivity contribution is -0.171. The van der Waals surface area contributed by atoms with Gasteiger partial charge < -0.3 is 19.3 Å². The van der Waals surface area contributed by atoms with E-state index in [2.05, 4.69) is 0 Å². The van der Waals surface area contributed by atoms with Crippen LogP contribution in [0.4, 0.5) is 0 Å². The third-order valence-corrected chi connectivity index (χ3v) is 6.66. The Kier molecular flexibility index (Phi) is 5.43. The number of hydrogen-bond donors (Lipinski definition) is 0. The number of rotatable bonds is 2. The standard InChI is InChI=1S/C22H30N2O4/c1-16-7-3-4-8-17(16)19-20(27-15-18(25)23(19)2)21(26)24-12-10-22(11-13-24)9-5-6-14-28-22/h3-4,7-8,19-20H,5-6,9-15H2,1-2H3/t19-,20+/m1/s1. The fraction of sp³-hybridized carbons (Fsp3) is 0.636. The van der Waals surface area contributed by atoms with Gasteiger partial charge in [-0.25, -0.2) is 0 Å². The Morgan fingerprint density at radius 2 is 1.89 bits per heavy atom. The van der Waals surface area contributed by atoms with Crippen LogP contribution in [-0.2, 0) is 19.1 Å². The zero-order valence-electron chi connectivity index (χ0n) is 16.9. The number of piperidine rings is 1. The van der Waals surface area contributed by atoms with Gasteiger partial charge >= 0.3 is 0 Å². The van der Waals surface area contributed by atoms with Gasteiger partial charge in [0.15, 0.2) is 6.10 Å². The van der Waals surface area contributed by atoms with Gasteiger partial charge in [-0.1, -0.05) is 24.3 Å². The second kappa shape index (κ2) is 7.84. The van der Waals surface area contributed by atoms with E-state index in [1.54, 1.807) is 11.9 Å². The average Bonchev–Trinajstić information content (AvgIpc) is 2.71. The first-order valence-corrected chi connectivity index (χ1v) is 10.4. The molecule has 0 aromatic heterocycles. The average molecular weight is 386 g/mol. The second-order valence-corrected chi connectivity index (χ2v) is 8.35. The summed E-state index contributed by atoms with van der Waals surface area (Å²) >= 11 is 0. The zero-order chi connectivity index (χ0) is 19.7. The van der Waals surface area contributed by atoms with Gasteiger partial charge in [0.25, 0.3) is 5.91 Å². The molecule has 0 radical (unpaired) electrons. The van der Waals surface area contributed by atoms with Gasteiger partial charge in [0, 0.05) is 26.7 Å². The molecule has 2 atom stereocenters. The van der Waals surface area contributed by atoms with Gasteiger partial charge in [-0.05, 0) is 50.2 Å². The molecular weight excluding hydrogens is 356 g/mol. The fourth-order valence-electron chi connectivity index (χ4n) is 4.83. The minimum absolute atomic E-state index is 0.0155. The van der Waals surface area contributed by atoms with E-state index in [4.69, 9.17) is 9.47 Å². The maximum Gasteiger partial charge on any atom is 0.254 e. The highest BCUT2D eigenvalue weighted by atomic mass is 16.5. The third-order valence-electron chi connectivity index (χ3n) is 6.66. The lowest BCUT2D eigenvalue weighted by atomic mass is 9.84. The summed E-state index contributed by atoms with van der Waals surface area (Å²) in [6.07, 6.45) is 4.55. The lowest BCUT2D eigenvalue weighted by Crippen LogP contribution is -2.57. The molecule has 1 aromatic rings. The SMILES string of the molecule is Cc1ccccc1[C@@H]1[C@@H](C(=O)N2CCC3(CCCCO3)CC2)OCC(=O)N1C. The summed E-state index contributed by atoms with van der Waals surface area (Å²) in [7, 11) is 1.77. The van der Waals surface area contributed by atoms with E-state index in [9.17, 15) is 9.59 Å². The molecule has 2 amide bonds. The van der Waals surface area contributed by atoms with Crippen LogP contribution in [0.2, 0.25) is 0 Å². The quantitative estimate of drug-likeness (QED) is 0.783. The Balaban J connectivity index is 1.52. The number of aryl methyl sites for hydroxylation is 1. The number of morpholine rings is 1. The van der Waals surface area contributed by atoms with E-state index in [1.807, 2.05) is 36.1 Å². The Labute approximate surface area is 166 Å². The first-order valence-electron chi connectivity index (χ1n) is 10.4. The van der Waals surface area contributed by atoms with Crippen molar-refractivity contribution in [3.05, 3.63) is 35.4 Å². The molecule has 0 N–H and O–H groups in total. The first-order chi connectivity index (χ1) is 13.5. The van der Waals surface area contributed by atoms with Crippen molar-refractivity contribution in [2.45, 2.75) is 56.8 Å². The molecule has 3 aliphatic rings. The Hall–Kier alpha value is -1.92. The van der Waals surface area contributed by atoms with Crippen LogP contribution in [0, 0.1) is 6.92 Å².